The highest BCUT2D eigenvalue weighted by Gasteiger charge is 2.09. The maximum Gasteiger partial charge on any atom is 0.215 e. The molecule has 0 aliphatic rings. The molecule has 6 heteroatoms. The lowest BCUT2D eigenvalue weighted by Gasteiger charge is -2.06. The Labute approximate surface area is 95.6 Å². The lowest BCUT2D eigenvalue weighted by Crippen LogP contribution is -2.27. The molecule has 0 fully saturated rings. The summed E-state index contributed by atoms with van der Waals surface area (Å²) in [6.45, 7) is 0.681. The third kappa shape index (κ3) is 5.22. The van der Waals surface area contributed by atoms with Crippen molar-refractivity contribution in [3.63, 3.8) is 0 Å². The normalized spacial score (nSPS) is 11.6. The van der Waals surface area contributed by atoms with Gasteiger partial charge in [-0.15, -0.1) is 0 Å². The number of hydrogen-bond donors (Lipinski definition) is 2. The molecule has 5 nitrogen and oxygen atoms in total. The predicted molar refractivity (Wildman–Crippen MR) is 61.8 cm³/mol. The number of benzene rings is 1. The standard InChI is InChI=1S/C10H16N2O3S/c11-15-8-4-7-12-16(13,14)9-10-5-2-1-3-6-10/h1-3,5-6,12H,4,7-9,11H2. The Kier molecular flexibility index (Phi) is 5.41. The summed E-state index contributed by atoms with van der Waals surface area (Å²) in [6, 6.07) is 9.03. The minimum Gasteiger partial charge on any atom is -0.305 e. The van der Waals surface area contributed by atoms with E-state index in [-0.39, 0.29) is 5.75 Å². The lowest BCUT2D eigenvalue weighted by atomic mass is 10.2. The second kappa shape index (κ2) is 6.59. The van der Waals surface area contributed by atoms with Crippen LogP contribution in [0.4, 0.5) is 0 Å². The van der Waals surface area contributed by atoms with Crippen molar-refractivity contribution in [1.29, 1.82) is 0 Å². The molecule has 0 radical (unpaired) electrons. The highest BCUT2D eigenvalue weighted by molar-refractivity contribution is 7.88. The summed E-state index contributed by atoms with van der Waals surface area (Å²) in [5.41, 5.74) is 0.769. The number of nitrogens with one attached hydrogen (secondary N) is 1. The molecule has 3 N–H and O–H groups in total. The van der Waals surface area contributed by atoms with Crippen LogP contribution in [0.2, 0.25) is 0 Å². The van der Waals surface area contributed by atoms with Crippen molar-refractivity contribution in [2.24, 2.45) is 5.90 Å². The smallest absolute Gasteiger partial charge is 0.215 e. The van der Waals surface area contributed by atoms with Crippen LogP contribution in [-0.2, 0) is 20.6 Å². The lowest BCUT2D eigenvalue weighted by molar-refractivity contribution is 0.136. The van der Waals surface area contributed by atoms with Crippen LogP contribution in [0, 0.1) is 0 Å². The Morgan fingerprint density at radius 3 is 2.56 bits per heavy atom. The summed E-state index contributed by atoms with van der Waals surface area (Å²) in [6.07, 6.45) is 0.560. The highest BCUT2D eigenvalue weighted by atomic mass is 32.2. The molecule has 0 bridgehead atoms. The summed E-state index contributed by atoms with van der Waals surface area (Å²) in [5, 5.41) is 0. The molecular weight excluding hydrogens is 228 g/mol. The van der Waals surface area contributed by atoms with Crippen LogP contribution in [0.3, 0.4) is 0 Å². The number of nitrogens with two attached hydrogens (primary N) is 1. The maximum absolute atomic E-state index is 11.6. The van der Waals surface area contributed by atoms with Crippen molar-refractivity contribution in [3.05, 3.63) is 35.9 Å². The van der Waals surface area contributed by atoms with Crippen LogP contribution in [0.5, 0.6) is 0 Å². The molecule has 1 rings (SSSR count). The van der Waals surface area contributed by atoms with Crippen LogP contribution in [0.15, 0.2) is 30.3 Å². The molecule has 0 amide bonds. The number of hydrogen-bond acceptors (Lipinski definition) is 4. The molecule has 0 aliphatic carbocycles. The molecule has 0 unspecified atom stereocenters. The van der Waals surface area contributed by atoms with Crippen LogP contribution in [-0.4, -0.2) is 21.6 Å². The molecule has 0 aromatic heterocycles. The first-order valence-electron chi connectivity index (χ1n) is 4.97. The molecule has 0 heterocycles. The van der Waals surface area contributed by atoms with Crippen molar-refractivity contribution >= 4 is 10.0 Å². The molecule has 0 saturated heterocycles. The fourth-order valence-electron chi connectivity index (χ4n) is 1.23. The van der Waals surface area contributed by atoms with Gasteiger partial charge in [0.2, 0.25) is 10.0 Å². The highest BCUT2D eigenvalue weighted by Crippen LogP contribution is 2.03. The van der Waals surface area contributed by atoms with E-state index in [1.54, 1.807) is 12.1 Å². The van der Waals surface area contributed by atoms with E-state index < -0.39 is 10.0 Å². The molecule has 1 aromatic carbocycles. The summed E-state index contributed by atoms with van der Waals surface area (Å²) >= 11 is 0. The topological polar surface area (TPSA) is 81.4 Å². The summed E-state index contributed by atoms with van der Waals surface area (Å²) in [7, 11) is -3.26. The summed E-state index contributed by atoms with van der Waals surface area (Å²) in [5.74, 6) is 4.82. The van der Waals surface area contributed by atoms with Crippen LogP contribution >= 0.6 is 0 Å². The van der Waals surface area contributed by atoms with Gasteiger partial charge in [-0.3, -0.25) is 0 Å². The zero-order chi connectivity index (χ0) is 11.9. The van der Waals surface area contributed by atoms with Gasteiger partial charge < -0.3 is 4.84 Å². The number of sulfonamides is 1. The van der Waals surface area contributed by atoms with Gasteiger partial charge in [0, 0.05) is 6.54 Å². The molecular formula is C10H16N2O3S. The largest absolute Gasteiger partial charge is 0.305 e. The van der Waals surface area contributed by atoms with Gasteiger partial charge >= 0.3 is 0 Å². The zero-order valence-electron chi connectivity index (χ0n) is 8.93. The Hall–Kier alpha value is -0.950. The molecule has 0 atom stereocenters. The van der Waals surface area contributed by atoms with Gasteiger partial charge in [-0.25, -0.2) is 19.0 Å². The third-order valence-electron chi connectivity index (χ3n) is 1.96. The van der Waals surface area contributed by atoms with E-state index in [0.717, 1.165) is 5.56 Å². The van der Waals surface area contributed by atoms with Gasteiger partial charge in [-0.05, 0) is 12.0 Å². The minimum atomic E-state index is -3.26. The van der Waals surface area contributed by atoms with Gasteiger partial charge in [0.25, 0.3) is 0 Å². The first-order chi connectivity index (χ1) is 7.64. The van der Waals surface area contributed by atoms with Gasteiger partial charge in [0.1, 0.15) is 0 Å². The summed E-state index contributed by atoms with van der Waals surface area (Å²) in [4.78, 5) is 4.34. The van der Waals surface area contributed by atoms with Crippen molar-refractivity contribution < 1.29 is 13.3 Å². The van der Waals surface area contributed by atoms with Crippen molar-refractivity contribution in [2.75, 3.05) is 13.2 Å². The van der Waals surface area contributed by atoms with E-state index in [1.165, 1.54) is 0 Å². The molecule has 0 spiro atoms. The van der Waals surface area contributed by atoms with Crippen molar-refractivity contribution in [1.82, 2.24) is 4.72 Å². The Balaban J connectivity index is 2.40. The van der Waals surface area contributed by atoms with E-state index in [2.05, 4.69) is 9.56 Å². The molecule has 0 aliphatic heterocycles. The molecule has 1 aromatic rings. The zero-order valence-corrected chi connectivity index (χ0v) is 9.74. The average Bonchev–Trinajstić information content (AvgIpc) is 2.25. The van der Waals surface area contributed by atoms with Crippen molar-refractivity contribution in [3.8, 4) is 0 Å². The first kappa shape index (κ1) is 13.1. The Bertz CT molecular complexity index is 392. The van der Waals surface area contributed by atoms with E-state index >= 15 is 0 Å². The third-order valence-corrected chi connectivity index (χ3v) is 3.32. The van der Waals surface area contributed by atoms with Crippen LogP contribution < -0.4 is 10.6 Å². The second-order valence-corrected chi connectivity index (χ2v) is 5.17. The fourth-order valence-corrected chi connectivity index (χ4v) is 2.42. The quantitative estimate of drug-likeness (QED) is 0.537. The van der Waals surface area contributed by atoms with E-state index in [9.17, 15) is 8.42 Å². The van der Waals surface area contributed by atoms with Gasteiger partial charge in [0.05, 0.1) is 12.4 Å². The SMILES string of the molecule is NOCCCNS(=O)(=O)Cc1ccccc1. The van der Waals surface area contributed by atoms with Crippen LogP contribution in [0.1, 0.15) is 12.0 Å². The van der Waals surface area contributed by atoms with E-state index in [4.69, 9.17) is 5.90 Å². The Morgan fingerprint density at radius 2 is 1.94 bits per heavy atom. The summed E-state index contributed by atoms with van der Waals surface area (Å²) < 4.78 is 25.6. The Morgan fingerprint density at radius 1 is 1.25 bits per heavy atom. The first-order valence-corrected chi connectivity index (χ1v) is 6.62. The van der Waals surface area contributed by atoms with E-state index in [0.29, 0.717) is 19.6 Å². The van der Waals surface area contributed by atoms with Gasteiger partial charge in [0.15, 0.2) is 0 Å². The monoisotopic (exact) mass is 244 g/mol. The van der Waals surface area contributed by atoms with Gasteiger partial charge in [-0.1, -0.05) is 30.3 Å². The van der Waals surface area contributed by atoms with Gasteiger partial charge in [-0.2, -0.15) is 0 Å². The van der Waals surface area contributed by atoms with Crippen LogP contribution in [0.25, 0.3) is 0 Å². The predicted octanol–water partition coefficient (Wildman–Crippen LogP) is 0.386. The fraction of sp³-hybridized carbons (Fsp3) is 0.400. The molecule has 90 valence electrons. The van der Waals surface area contributed by atoms with Crippen molar-refractivity contribution in [2.45, 2.75) is 12.2 Å². The molecule has 16 heavy (non-hydrogen) atoms. The number of rotatable bonds is 7. The minimum absolute atomic E-state index is 0.00266. The molecule has 0 saturated carbocycles. The van der Waals surface area contributed by atoms with E-state index in [1.807, 2.05) is 18.2 Å². The second-order valence-electron chi connectivity index (χ2n) is 3.36. The average molecular weight is 244 g/mol. The maximum atomic E-state index is 11.6.